The Bertz CT molecular complexity index is 966. The molecule has 0 saturated carbocycles. The number of anilines is 1. The van der Waals surface area contributed by atoms with Crippen LogP contribution < -0.4 is 11.1 Å². The van der Waals surface area contributed by atoms with Crippen LogP contribution in [0.5, 0.6) is 0 Å². The van der Waals surface area contributed by atoms with Gasteiger partial charge < -0.3 is 20.5 Å². The van der Waals surface area contributed by atoms with E-state index in [9.17, 15) is 13.6 Å². The van der Waals surface area contributed by atoms with Crippen molar-refractivity contribution in [3.8, 4) is 0 Å². The van der Waals surface area contributed by atoms with Gasteiger partial charge in [0.15, 0.2) is 0 Å². The highest BCUT2D eigenvalue weighted by Gasteiger charge is 2.58. The van der Waals surface area contributed by atoms with Crippen LogP contribution in [-0.4, -0.2) is 36.7 Å². The summed E-state index contributed by atoms with van der Waals surface area (Å²) in [6.07, 6.45) is 0.949. The molecule has 0 unspecified atom stereocenters. The standard InChI is InChI=1S/C19H18F2N4O3/c1-18-8-27-10-19(18,25-17(22)28-9-18)13-6-12(3-4-14(13)21)24-16(26)15-5-2-11(20)7-23-15/h2-7H,8-10H2,1H3,(H2,22,25)(H,24,26)/t18-,19+/m0/s1. The van der Waals surface area contributed by atoms with E-state index in [2.05, 4.69) is 15.3 Å². The SMILES string of the molecule is C[C@@]12COC[C@]1(c1cc(NC(=O)c3ccc(F)cn3)ccc1F)N=C(N)OC2. The Morgan fingerprint density at radius 2 is 2.04 bits per heavy atom. The van der Waals surface area contributed by atoms with Gasteiger partial charge in [0, 0.05) is 11.3 Å². The number of halogens is 2. The second-order valence-corrected chi connectivity index (χ2v) is 7.16. The van der Waals surface area contributed by atoms with E-state index in [0.717, 1.165) is 12.3 Å². The summed E-state index contributed by atoms with van der Waals surface area (Å²) in [5.74, 6) is -1.58. The van der Waals surface area contributed by atoms with Gasteiger partial charge in [-0.05, 0) is 30.3 Å². The Hall–Kier alpha value is -3.07. The van der Waals surface area contributed by atoms with Gasteiger partial charge in [0.05, 0.1) is 24.8 Å². The van der Waals surface area contributed by atoms with Crippen molar-refractivity contribution in [2.45, 2.75) is 12.5 Å². The molecule has 1 fully saturated rings. The molecular weight excluding hydrogens is 370 g/mol. The van der Waals surface area contributed by atoms with E-state index in [0.29, 0.717) is 12.3 Å². The van der Waals surface area contributed by atoms with Gasteiger partial charge in [-0.2, -0.15) is 0 Å². The molecular formula is C19H18F2N4O3. The number of ether oxygens (including phenoxy) is 2. The maximum Gasteiger partial charge on any atom is 0.282 e. The highest BCUT2D eigenvalue weighted by Crippen LogP contribution is 2.51. The number of nitrogens with two attached hydrogens (primary N) is 1. The Morgan fingerprint density at radius 3 is 2.79 bits per heavy atom. The van der Waals surface area contributed by atoms with E-state index >= 15 is 0 Å². The quantitative estimate of drug-likeness (QED) is 0.840. The number of amides is 1. The maximum absolute atomic E-state index is 14.8. The molecule has 3 N–H and O–H groups in total. The topological polar surface area (TPSA) is 98.8 Å². The van der Waals surface area contributed by atoms with Gasteiger partial charge in [-0.3, -0.25) is 4.79 Å². The zero-order valence-corrected chi connectivity index (χ0v) is 15.0. The lowest BCUT2D eigenvalue weighted by Crippen LogP contribution is -2.50. The number of nitrogens with one attached hydrogen (secondary N) is 1. The van der Waals surface area contributed by atoms with E-state index in [4.69, 9.17) is 15.2 Å². The summed E-state index contributed by atoms with van der Waals surface area (Å²) in [7, 11) is 0. The molecule has 2 aliphatic rings. The normalized spacial score (nSPS) is 26.2. The molecule has 2 atom stereocenters. The minimum absolute atomic E-state index is 0.0349. The van der Waals surface area contributed by atoms with Crippen molar-refractivity contribution in [1.29, 1.82) is 0 Å². The molecule has 7 nitrogen and oxygen atoms in total. The lowest BCUT2D eigenvalue weighted by Gasteiger charge is -2.42. The predicted molar refractivity (Wildman–Crippen MR) is 96.7 cm³/mol. The number of hydrogen-bond acceptors (Lipinski definition) is 6. The van der Waals surface area contributed by atoms with Crippen LogP contribution in [0.3, 0.4) is 0 Å². The summed E-state index contributed by atoms with van der Waals surface area (Å²) in [6, 6.07) is 6.55. The van der Waals surface area contributed by atoms with Crippen molar-refractivity contribution in [2.24, 2.45) is 16.1 Å². The molecule has 146 valence electrons. The molecule has 1 aromatic heterocycles. The molecule has 28 heavy (non-hydrogen) atoms. The first-order chi connectivity index (χ1) is 13.3. The van der Waals surface area contributed by atoms with Gasteiger partial charge in [-0.15, -0.1) is 0 Å². The van der Waals surface area contributed by atoms with Crippen molar-refractivity contribution in [3.05, 3.63) is 59.4 Å². The Morgan fingerprint density at radius 1 is 1.21 bits per heavy atom. The first-order valence-corrected chi connectivity index (χ1v) is 8.62. The summed E-state index contributed by atoms with van der Waals surface area (Å²) in [4.78, 5) is 20.5. The number of amidine groups is 1. The monoisotopic (exact) mass is 388 g/mol. The number of aromatic nitrogens is 1. The first kappa shape index (κ1) is 18.3. The largest absolute Gasteiger partial charge is 0.465 e. The van der Waals surface area contributed by atoms with Crippen LogP contribution in [0.2, 0.25) is 0 Å². The van der Waals surface area contributed by atoms with E-state index in [-0.39, 0.29) is 30.5 Å². The number of benzene rings is 1. The fourth-order valence-electron chi connectivity index (χ4n) is 3.59. The molecule has 4 rings (SSSR count). The number of carbonyl (C=O) groups excluding carboxylic acids is 1. The number of rotatable bonds is 3. The molecule has 1 saturated heterocycles. The van der Waals surface area contributed by atoms with Crippen LogP contribution in [0, 0.1) is 17.0 Å². The first-order valence-electron chi connectivity index (χ1n) is 8.62. The molecule has 1 aromatic carbocycles. The van der Waals surface area contributed by atoms with Gasteiger partial charge in [-0.25, -0.2) is 18.8 Å². The third kappa shape index (κ3) is 2.88. The molecule has 0 spiro atoms. The highest BCUT2D eigenvalue weighted by atomic mass is 19.1. The van der Waals surface area contributed by atoms with Crippen LogP contribution in [0.15, 0.2) is 41.5 Å². The number of hydrogen-bond donors (Lipinski definition) is 2. The zero-order valence-electron chi connectivity index (χ0n) is 15.0. The average Bonchev–Trinajstić information content (AvgIpc) is 3.01. The maximum atomic E-state index is 14.8. The Balaban J connectivity index is 1.70. The number of aliphatic imine (C=N–C) groups is 1. The summed E-state index contributed by atoms with van der Waals surface area (Å²) in [5.41, 5.74) is 4.73. The Kier molecular flexibility index (Phi) is 4.26. The van der Waals surface area contributed by atoms with Gasteiger partial charge >= 0.3 is 0 Å². The van der Waals surface area contributed by atoms with E-state index in [1.165, 1.54) is 24.3 Å². The van der Waals surface area contributed by atoms with Crippen LogP contribution in [0.4, 0.5) is 14.5 Å². The minimum atomic E-state index is -1.06. The van der Waals surface area contributed by atoms with Gasteiger partial charge in [-0.1, -0.05) is 6.92 Å². The number of nitrogens with zero attached hydrogens (tertiary/aromatic N) is 2. The van der Waals surface area contributed by atoms with Crippen molar-refractivity contribution < 1.29 is 23.0 Å². The smallest absolute Gasteiger partial charge is 0.282 e. The molecule has 0 bridgehead atoms. The van der Waals surface area contributed by atoms with Gasteiger partial charge in [0.2, 0.25) is 0 Å². The van der Waals surface area contributed by atoms with Gasteiger partial charge in [0.1, 0.15) is 29.5 Å². The molecule has 0 aliphatic carbocycles. The van der Waals surface area contributed by atoms with E-state index in [1.807, 2.05) is 6.92 Å². The average molecular weight is 388 g/mol. The predicted octanol–water partition coefficient (Wildman–Crippen LogP) is 2.19. The summed E-state index contributed by atoms with van der Waals surface area (Å²) < 4.78 is 38.8. The number of pyridine rings is 1. The second-order valence-electron chi connectivity index (χ2n) is 7.16. The molecule has 1 amide bonds. The van der Waals surface area contributed by atoms with Crippen LogP contribution >= 0.6 is 0 Å². The summed E-state index contributed by atoms with van der Waals surface area (Å²) >= 11 is 0. The van der Waals surface area contributed by atoms with E-state index in [1.54, 1.807) is 0 Å². The fraction of sp³-hybridized carbons (Fsp3) is 0.316. The number of fused-ring (bicyclic) bond motifs is 1. The highest BCUT2D eigenvalue weighted by molar-refractivity contribution is 6.02. The third-order valence-corrected chi connectivity index (χ3v) is 5.20. The second kappa shape index (κ2) is 6.52. The Labute approximate surface area is 159 Å². The van der Waals surface area contributed by atoms with E-state index < -0.39 is 28.5 Å². The van der Waals surface area contributed by atoms with Crippen LogP contribution in [0.1, 0.15) is 23.0 Å². The van der Waals surface area contributed by atoms with Crippen molar-refractivity contribution in [2.75, 3.05) is 25.1 Å². The van der Waals surface area contributed by atoms with Crippen molar-refractivity contribution in [3.63, 3.8) is 0 Å². The molecule has 9 heteroatoms. The number of carbonyl (C=O) groups is 1. The molecule has 3 heterocycles. The van der Waals surface area contributed by atoms with Gasteiger partial charge in [0.25, 0.3) is 11.9 Å². The van der Waals surface area contributed by atoms with Crippen LogP contribution in [-0.2, 0) is 15.0 Å². The minimum Gasteiger partial charge on any atom is -0.465 e. The zero-order chi connectivity index (χ0) is 19.9. The molecule has 2 aromatic rings. The fourth-order valence-corrected chi connectivity index (χ4v) is 3.59. The summed E-state index contributed by atoms with van der Waals surface area (Å²) in [5, 5.41) is 2.64. The van der Waals surface area contributed by atoms with Crippen LogP contribution in [0.25, 0.3) is 0 Å². The molecule has 2 aliphatic heterocycles. The third-order valence-electron chi connectivity index (χ3n) is 5.20. The van der Waals surface area contributed by atoms with Crippen molar-refractivity contribution in [1.82, 2.24) is 4.98 Å². The lowest BCUT2D eigenvalue weighted by atomic mass is 9.69. The summed E-state index contributed by atoms with van der Waals surface area (Å²) in [6.45, 7) is 2.60. The van der Waals surface area contributed by atoms with Crippen molar-refractivity contribution >= 4 is 17.6 Å². The molecule has 0 radical (unpaired) electrons. The lowest BCUT2D eigenvalue weighted by molar-refractivity contribution is 0.0665.